The maximum absolute atomic E-state index is 6.51. The van der Waals surface area contributed by atoms with Gasteiger partial charge in [0.05, 0.1) is 5.69 Å². The second kappa shape index (κ2) is 8.49. The maximum Gasteiger partial charge on any atom is 0.0553 e. The zero-order chi connectivity index (χ0) is 20.5. The summed E-state index contributed by atoms with van der Waals surface area (Å²) in [4.78, 5) is 9.36. The van der Waals surface area contributed by atoms with Gasteiger partial charge in [0.25, 0.3) is 0 Å². The molecule has 1 aromatic heterocycles. The van der Waals surface area contributed by atoms with Gasteiger partial charge in [-0.2, -0.15) is 0 Å². The van der Waals surface area contributed by atoms with Crippen LogP contribution in [0, 0.1) is 11.8 Å². The smallest absolute Gasteiger partial charge is 0.0553 e. The van der Waals surface area contributed by atoms with Crippen LogP contribution >= 0.6 is 11.6 Å². The van der Waals surface area contributed by atoms with Gasteiger partial charge in [0.15, 0.2) is 0 Å². The summed E-state index contributed by atoms with van der Waals surface area (Å²) in [6, 6.07) is 10.8. The Morgan fingerprint density at radius 1 is 1.17 bits per heavy atom. The Balaban J connectivity index is 1.59. The van der Waals surface area contributed by atoms with Crippen LogP contribution in [0.25, 0.3) is 11.6 Å². The van der Waals surface area contributed by atoms with Gasteiger partial charge in [-0.1, -0.05) is 29.8 Å². The minimum atomic E-state index is 0.319. The molecule has 1 saturated heterocycles. The molecule has 2 aromatic rings. The molecule has 0 saturated carbocycles. The molecule has 0 amide bonds. The van der Waals surface area contributed by atoms with Crippen molar-refractivity contribution < 1.29 is 0 Å². The Morgan fingerprint density at radius 3 is 2.83 bits per heavy atom. The van der Waals surface area contributed by atoms with E-state index in [0.717, 1.165) is 31.0 Å². The third kappa shape index (κ3) is 3.77. The molecule has 0 spiro atoms. The quantitative estimate of drug-likeness (QED) is 0.652. The van der Waals surface area contributed by atoms with Crippen molar-refractivity contribution in [2.45, 2.75) is 38.5 Å². The van der Waals surface area contributed by atoms with Crippen LogP contribution in [0.5, 0.6) is 0 Å². The zero-order valence-corrected chi connectivity index (χ0v) is 18.2. The summed E-state index contributed by atoms with van der Waals surface area (Å²) in [6.07, 6.45) is 12.9. The molecule has 2 atom stereocenters. The van der Waals surface area contributed by atoms with Gasteiger partial charge in [-0.05, 0) is 98.2 Å². The van der Waals surface area contributed by atoms with Crippen molar-refractivity contribution in [2.75, 3.05) is 13.1 Å². The number of nitrogens with one attached hydrogen (secondary N) is 1. The van der Waals surface area contributed by atoms with Crippen LogP contribution in [0.2, 0.25) is 5.02 Å². The Kier molecular flexibility index (Phi) is 5.58. The number of fused-ring (bicyclic) bond motifs is 2. The fourth-order valence-electron chi connectivity index (χ4n) is 5.28. The molecule has 2 aliphatic heterocycles. The van der Waals surface area contributed by atoms with Gasteiger partial charge in [-0.15, -0.1) is 0 Å². The molecule has 3 nitrogen and oxygen atoms in total. The number of nitrogens with zero attached hydrogens (tertiary/aromatic N) is 2. The second-order valence-electron chi connectivity index (χ2n) is 8.70. The highest BCUT2D eigenvalue weighted by atomic mass is 35.5. The molecule has 4 heteroatoms. The number of allylic oxidation sites excluding steroid dienone is 2. The Hall–Kier alpha value is -2.23. The number of aliphatic imine (C=N–C) groups is 1. The summed E-state index contributed by atoms with van der Waals surface area (Å²) < 4.78 is 0. The summed E-state index contributed by atoms with van der Waals surface area (Å²) in [5, 5.41) is 4.33. The van der Waals surface area contributed by atoms with Crippen molar-refractivity contribution in [3.63, 3.8) is 0 Å². The number of aromatic nitrogens is 1. The van der Waals surface area contributed by atoms with Crippen LogP contribution < -0.4 is 5.32 Å². The van der Waals surface area contributed by atoms with Crippen LogP contribution in [0.4, 0.5) is 0 Å². The van der Waals surface area contributed by atoms with Crippen molar-refractivity contribution >= 4 is 29.0 Å². The predicted octanol–water partition coefficient (Wildman–Crippen LogP) is 6.11. The third-order valence-electron chi connectivity index (χ3n) is 6.90. The van der Waals surface area contributed by atoms with E-state index in [1.165, 1.54) is 46.5 Å². The second-order valence-corrected chi connectivity index (χ2v) is 9.14. The van der Waals surface area contributed by atoms with E-state index in [1.807, 2.05) is 12.4 Å². The van der Waals surface area contributed by atoms with Crippen LogP contribution in [0.1, 0.15) is 60.9 Å². The van der Waals surface area contributed by atoms with E-state index < -0.39 is 0 Å². The summed E-state index contributed by atoms with van der Waals surface area (Å²) >= 11 is 6.51. The molecule has 154 valence electrons. The highest BCUT2D eigenvalue weighted by Gasteiger charge is 2.33. The molecule has 5 rings (SSSR count). The normalized spacial score (nSPS) is 23.4. The lowest BCUT2D eigenvalue weighted by Crippen LogP contribution is -2.32. The molecule has 0 radical (unpaired) electrons. The minimum absolute atomic E-state index is 0.319. The lowest BCUT2D eigenvalue weighted by atomic mass is 9.76. The first-order valence-electron chi connectivity index (χ1n) is 11.1. The Morgan fingerprint density at radius 2 is 2.03 bits per heavy atom. The summed E-state index contributed by atoms with van der Waals surface area (Å²) in [7, 11) is 0. The number of halogens is 1. The Labute approximate surface area is 184 Å². The van der Waals surface area contributed by atoms with E-state index in [0.29, 0.717) is 17.8 Å². The SMILES string of the molecule is CC1=NC=CC1CCC1=Cc2cccnc2C(C2CCNCC2)c2ccc(Cl)cc21. The standard InChI is InChI=1S/C26H28ClN3/c1-17-18(10-14-29-17)4-5-20-15-21-3-2-11-30-26(21)25(19-8-12-28-13-9-19)23-7-6-22(27)16-24(20)23/h2-3,6-7,10-11,14-16,18-19,25,28H,4-5,8-9,12-13H2,1H3. The monoisotopic (exact) mass is 417 g/mol. The number of benzene rings is 1. The molecular weight excluding hydrogens is 390 g/mol. The van der Waals surface area contributed by atoms with Gasteiger partial charge in [0.1, 0.15) is 0 Å². The average Bonchev–Trinajstić information content (AvgIpc) is 3.12. The van der Waals surface area contributed by atoms with E-state index in [1.54, 1.807) is 0 Å². The third-order valence-corrected chi connectivity index (χ3v) is 7.14. The molecular formula is C26H28ClN3. The van der Waals surface area contributed by atoms with Gasteiger partial charge < -0.3 is 5.32 Å². The van der Waals surface area contributed by atoms with Crippen molar-refractivity contribution in [2.24, 2.45) is 16.8 Å². The van der Waals surface area contributed by atoms with E-state index in [4.69, 9.17) is 16.6 Å². The molecule has 1 aliphatic carbocycles. The summed E-state index contributed by atoms with van der Waals surface area (Å²) in [6.45, 7) is 4.29. The molecule has 0 bridgehead atoms. The van der Waals surface area contributed by atoms with Crippen LogP contribution in [-0.4, -0.2) is 23.8 Å². The first kappa shape index (κ1) is 19.7. The number of rotatable bonds is 4. The van der Waals surface area contributed by atoms with E-state index >= 15 is 0 Å². The highest BCUT2D eigenvalue weighted by molar-refractivity contribution is 6.30. The lowest BCUT2D eigenvalue weighted by Gasteiger charge is -2.32. The van der Waals surface area contributed by atoms with Gasteiger partial charge in [-0.25, -0.2) is 0 Å². The van der Waals surface area contributed by atoms with Gasteiger partial charge >= 0.3 is 0 Å². The van der Waals surface area contributed by atoms with Crippen molar-refractivity contribution in [3.8, 4) is 0 Å². The van der Waals surface area contributed by atoms with Gasteiger partial charge in [0, 0.05) is 35.0 Å². The van der Waals surface area contributed by atoms with Crippen LogP contribution in [-0.2, 0) is 0 Å². The highest BCUT2D eigenvalue weighted by Crippen LogP contribution is 2.45. The molecule has 2 unspecified atom stereocenters. The topological polar surface area (TPSA) is 37.3 Å². The Bertz CT molecular complexity index is 1030. The molecule has 1 aromatic carbocycles. The van der Waals surface area contributed by atoms with Crippen molar-refractivity contribution in [1.29, 1.82) is 0 Å². The van der Waals surface area contributed by atoms with E-state index in [2.05, 4.69) is 59.7 Å². The van der Waals surface area contributed by atoms with Gasteiger partial charge in [-0.3, -0.25) is 9.98 Å². The van der Waals surface area contributed by atoms with Crippen molar-refractivity contribution in [1.82, 2.24) is 10.3 Å². The van der Waals surface area contributed by atoms with Crippen molar-refractivity contribution in [3.05, 3.63) is 76.2 Å². The fourth-order valence-corrected chi connectivity index (χ4v) is 5.45. The number of hydrogen-bond donors (Lipinski definition) is 1. The number of piperidine rings is 1. The molecule has 1 fully saturated rings. The van der Waals surface area contributed by atoms with Gasteiger partial charge in [0.2, 0.25) is 0 Å². The number of hydrogen-bond acceptors (Lipinski definition) is 3. The van der Waals surface area contributed by atoms with Crippen LogP contribution in [0.15, 0.2) is 53.8 Å². The fraction of sp³-hybridized carbons (Fsp3) is 0.385. The lowest BCUT2D eigenvalue weighted by molar-refractivity contribution is 0.339. The first-order valence-corrected chi connectivity index (χ1v) is 11.5. The molecule has 1 N–H and O–H groups in total. The largest absolute Gasteiger partial charge is 0.317 e. The summed E-state index contributed by atoms with van der Waals surface area (Å²) in [5.41, 5.74) is 7.76. The summed E-state index contributed by atoms with van der Waals surface area (Å²) in [5.74, 6) is 1.35. The molecule has 30 heavy (non-hydrogen) atoms. The van der Waals surface area contributed by atoms with E-state index in [-0.39, 0.29) is 0 Å². The minimum Gasteiger partial charge on any atom is -0.317 e. The average molecular weight is 418 g/mol. The first-order chi connectivity index (χ1) is 14.7. The molecule has 3 heterocycles. The predicted molar refractivity (Wildman–Crippen MR) is 126 cm³/mol. The maximum atomic E-state index is 6.51. The zero-order valence-electron chi connectivity index (χ0n) is 17.4. The van der Waals surface area contributed by atoms with E-state index in [9.17, 15) is 0 Å². The molecule has 3 aliphatic rings. The van der Waals surface area contributed by atoms with Crippen LogP contribution in [0.3, 0.4) is 0 Å². The number of pyridine rings is 1.